The number of esters is 1. The molecule has 3 aromatic carbocycles. The molecule has 0 radical (unpaired) electrons. The second kappa shape index (κ2) is 9.00. The van der Waals surface area contributed by atoms with Gasteiger partial charge in [0.1, 0.15) is 0 Å². The Kier molecular flexibility index (Phi) is 5.95. The maximum absolute atomic E-state index is 13.0. The normalized spacial score (nSPS) is 10.7. The number of nitro benzene ring substituents is 1. The molecule has 0 aliphatic carbocycles. The highest BCUT2D eigenvalue weighted by molar-refractivity contribution is 6.06. The lowest BCUT2D eigenvalue weighted by Gasteiger charge is -2.12. The van der Waals surface area contributed by atoms with Crippen molar-refractivity contribution < 1.29 is 19.2 Å². The second-order valence-corrected chi connectivity index (χ2v) is 7.70. The lowest BCUT2D eigenvalue weighted by molar-refractivity contribution is -0.384. The quantitative estimate of drug-likeness (QED) is 0.171. The minimum absolute atomic E-state index is 0.104. The first-order valence-corrected chi connectivity index (χ1v) is 10.3. The fourth-order valence-electron chi connectivity index (χ4n) is 3.58. The standard InChI is InChI=1S/C26H20N2O5/c1-16-10-11-17(2)21(12-16)24-14-22(20-8-3-4-9-23(20)27-24)26(30)33-15-25(29)18-6-5-7-19(13-18)28(31)32/h3-14H,15H2,1-2H3. The summed E-state index contributed by atoms with van der Waals surface area (Å²) in [5.41, 5.74) is 4.45. The van der Waals surface area contributed by atoms with Crippen LogP contribution >= 0.6 is 0 Å². The zero-order chi connectivity index (χ0) is 23.5. The van der Waals surface area contributed by atoms with Gasteiger partial charge in [0, 0.05) is 28.6 Å². The third kappa shape index (κ3) is 4.62. The van der Waals surface area contributed by atoms with Crippen molar-refractivity contribution in [3.05, 3.63) is 105 Å². The van der Waals surface area contributed by atoms with Gasteiger partial charge in [-0.3, -0.25) is 14.9 Å². The van der Waals surface area contributed by atoms with Crippen LogP contribution in [0.4, 0.5) is 5.69 Å². The van der Waals surface area contributed by atoms with Crippen LogP contribution in [0.25, 0.3) is 22.2 Å². The van der Waals surface area contributed by atoms with Crippen molar-refractivity contribution in [1.82, 2.24) is 4.98 Å². The Balaban J connectivity index is 1.65. The molecule has 0 saturated heterocycles. The van der Waals surface area contributed by atoms with Crippen LogP contribution in [0.15, 0.2) is 72.8 Å². The number of hydrogen-bond acceptors (Lipinski definition) is 6. The first-order valence-electron chi connectivity index (χ1n) is 10.3. The van der Waals surface area contributed by atoms with Gasteiger partial charge in [-0.1, -0.05) is 48.0 Å². The van der Waals surface area contributed by atoms with E-state index in [-0.39, 0.29) is 11.3 Å². The highest BCUT2D eigenvalue weighted by Gasteiger charge is 2.18. The lowest BCUT2D eigenvalue weighted by Crippen LogP contribution is -2.15. The molecule has 0 N–H and O–H groups in total. The van der Waals surface area contributed by atoms with Gasteiger partial charge in [-0.25, -0.2) is 9.78 Å². The number of Topliss-reactive ketones (excluding diaryl/α,β-unsaturated/α-hetero) is 1. The molecule has 33 heavy (non-hydrogen) atoms. The molecule has 0 amide bonds. The number of hydrogen-bond donors (Lipinski definition) is 0. The number of pyridine rings is 1. The van der Waals surface area contributed by atoms with Crippen molar-refractivity contribution in [1.29, 1.82) is 0 Å². The number of para-hydroxylation sites is 1. The Bertz CT molecular complexity index is 1410. The Labute approximate surface area is 189 Å². The average molecular weight is 440 g/mol. The zero-order valence-corrected chi connectivity index (χ0v) is 18.1. The fraction of sp³-hybridized carbons (Fsp3) is 0.115. The van der Waals surface area contributed by atoms with Crippen LogP contribution < -0.4 is 0 Å². The monoisotopic (exact) mass is 440 g/mol. The number of rotatable bonds is 6. The van der Waals surface area contributed by atoms with Crippen molar-refractivity contribution in [2.75, 3.05) is 6.61 Å². The second-order valence-electron chi connectivity index (χ2n) is 7.70. The molecule has 0 bridgehead atoms. The Morgan fingerprint density at radius 3 is 2.55 bits per heavy atom. The summed E-state index contributed by atoms with van der Waals surface area (Å²) in [7, 11) is 0. The molecule has 0 aliphatic heterocycles. The number of non-ortho nitro benzene ring substituents is 1. The molecule has 4 aromatic rings. The number of aromatic nitrogens is 1. The van der Waals surface area contributed by atoms with E-state index in [1.807, 2.05) is 44.2 Å². The van der Waals surface area contributed by atoms with Crippen LogP contribution in [0.1, 0.15) is 31.8 Å². The van der Waals surface area contributed by atoms with E-state index in [2.05, 4.69) is 0 Å². The number of aryl methyl sites for hydroxylation is 2. The predicted octanol–water partition coefficient (Wildman–Crippen LogP) is 5.47. The fourth-order valence-corrected chi connectivity index (χ4v) is 3.58. The van der Waals surface area contributed by atoms with E-state index in [0.717, 1.165) is 22.8 Å². The number of carbonyl (C=O) groups is 2. The number of ether oxygens (including phenoxy) is 1. The van der Waals surface area contributed by atoms with Crippen LogP contribution in [0.2, 0.25) is 0 Å². The van der Waals surface area contributed by atoms with Crippen molar-refractivity contribution in [2.45, 2.75) is 13.8 Å². The third-order valence-electron chi connectivity index (χ3n) is 5.32. The Morgan fingerprint density at radius 2 is 1.76 bits per heavy atom. The van der Waals surface area contributed by atoms with Crippen molar-refractivity contribution in [3.63, 3.8) is 0 Å². The number of fused-ring (bicyclic) bond motifs is 1. The van der Waals surface area contributed by atoms with Gasteiger partial charge in [-0.15, -0.1) is 0 Å². The summed E-state index contributed by atoms with van der Waals surface area (Å²) < 4.78 is 5.31. The SMILES string of the molecule is Cc1ccc(C)c(-c2cc(C(=O)OCC(=O)c3cccc([N+](=O)[O-])c3)c3ccccc3n2)c1. The van der Waals surface area contributed by atoms with Gasteiger partial charge in [-0.05, 0) is 37.6 Å². The number of nitro groups is 1. The summed E-state index contributed by atoms with van der Waals surface area (Å²) in [6, 6.07) is 20.2. The number of nitrogens with zero attached hydrogens (tertiary/aromatic N) is 2. The van der Waals surface area contributed by atoms with E-state index < -0.39 is 23.3 Å². The van der Waals surface area contributed by atoms with Crippen LogP contribution in [0, 0.1) is 24.0 Å². The molecule has 164 valence electrons. The van der Waals surface area contributed by atoms with E-state index in [0.29, 0.717) is 22.2 Å². The van der Waals surface area contributed by atoms with Crippen molar-refractivity contribution >= 4 is 28.3 Å². The lowest BCUT2D eigenvalue weighted by atomic mass is 9.99. The van der Waals surface area contributed by atoms with Crippen LogP contribution in [0.3, 0.4) is 0 Å². The first-order chi connectivity index (χ1) is 15.8. The molecule has 1 aromatic heterocycles. The molecule has 0 atom stereocenters. The molecule has 7 nitrogen and oxygen atoms in total. The smallest absolute Gasteiger partial charge is 0.339 e. The summed E-state index contributed by atoms with van der Waals surface area (Å²) in [4.78, 5) is 40.6. The van der Waals surface area contributed by atoms with Gasteiger partial charge in [0.25, 0.3) is 5.69 Å². The first kappa shape index (κ1) is 21.8. The number of benzene rings is 3. The summed E-state index contributed by atoms with van der Waals surface area (Å²) in [6.45, 7) is 3.43. The van der Waals surface area contributed by atoms with E-state index in [4.69, 9.17) is 9.72 Å². The molecule has 0 saturated carbocycles. The Hall–Kier alpha value is -4.39. The van der Waals surface area contributed by atoms with E-state index in [9.17, 15) is 19.7 Å². The molecule has 0 spiro atoms. The maximum Gasteiger partial charge on any atom is 0.339 e. The van der Waals surface area contributed by atoms with E-state index in [1.165, 1.54) is 18.2 Å². The molecule has 1 heterocycles. The number of carbonyl (C=O) groups excluding carboxylic acids is 2. The number of ketones is 1. The molecular formula is C26H20N2O5. The molecule has 0 aliphatic rings. The van der Waals surface area contributed by atoms with Crippen molar-refractivity contribution in [3.8, 4) is 11.3 Å². The average Bonchev–Trinajstić information content (AvgIpc) is 2.83. The van der Waals surface area contributed by atoms with Gasteiger partial charge >= 0.3 is 5.97 Å². The van der Waals surface area contributed by atoms with E-state index >= 15 is 0 Å². The Morgan fingerprint density at radius 1 is 0.970 bits per heavy atom. The molecule has 4 rings (SSSR count). The molecule has 7 heteroatoms. The van der Waals surface area contributed by atoms with E-state index in [1.54, 1.807) is 18.2 Å². The predicted molar refractivity (Wildman–Crippen MR) is 124 cm³/mol. The van der Waals surface area contributed by atoms with Gasteiger partial charge in [0.15, 0.2) is 6.61 Å². The van der Waals surface area contributed by atoms with Gasteiger partial charge in [-0.2, -0.15) is 0 Å². The topological polar surface area (TPSA) is 99.4 Å². The van der Waals surface area contributed by atoms with Crippen LogP contribution in [-0.4, -0.2) is 28.3 Å². The third-order valence-corrected chi connectivity index (χ3v) is 5.32. The summed E-state index contributed by atoms with van der Waals surface area (Å²) in [5, 5.41) is 11.6. The molecule has 0 fully saturated rings. The van der Waals surface area contributed by atoms with Crippen molar-refractivity contribution in [2.24, 2.45) is 0 Å². The zero-order valence-electron chi connectivity index (χ0n) is 18.1. The maximum atomic E-state index is 13.0. The van der Waals surface area contributed by atoms with Gasteiger partial charge in [0.05, 0.1) is 21.7 Å². The molecule has 0 unspecified atom stereocenters. The minimum atomic E-state index is -0.668. The summed E-state index contributed by atoms with van der Waals surface area (Å²) >= 11 is 0. The summed E-state index contributed by atoms with van der Waals surface area (Å²) in [5.74, 6) is -1.20. The summed E-state index contributed by atoms with van der Waals surface area (Å²) in [6.07, 6.45) is 0. The largest absolute Gasteiger partial charge is 0.454 e. The highest BCUT2D eigenvalue weighted by atomic mass is 16.6. The highest BCUT2D eigenvalue weighted by Crippen LogP contribution is 2.28. The van der Waals surface area contributed by atoms with Gasteiger partial charge < -0.3 is 4.74 Å². The van der Waals surface area contributed by atoms with Crippen LogP contribution in [-0.2, 0) is 4.74 Å². The molecular weight excluding hydrogens is 420 g/mol. The minimum Gasteiger partial charge on any atom is -0.454 e. The van der Waals surface area contributed by atoms with Crippen LogP contribution in [0.5, 0.6) is 0 Å². The van der Waals surface area contributed by atoms with Gasteiger partial charge in [0.2, 0.25) is 5.78 Å².